The third kappa shape index (κ3) is 5.52. The fraction of sp³-hybridized carbons (Fsp3) is 0.611. The van der Waals surface area contributed by atoms with E-state index in [1.54, 1.807) is 0 Å². The van der Waals surface area contributed by atoms with Gasteiger partial charge in [-0.25, -0.2) is 0 Å². The van der Waals surface area contributed by atoms with E-state index in [0.717, 1.165) is 5.75 Å². The lowest BCUT2D eigenvalue weighted by atomic mass is 10.1. The van der Waals surface area contributed by atoms with E-state index in [2.05, 4.69) is 29.3 Å². The van der Waals surface area contributed by atoms with Crippen molar-refractivity contribution in [2.24, 2.45) is 0 Å². The first-order valence-corrected chi connectivity index (χ1v) is 8.50. The number of likely N-dealkylation sites (tertiary alicyclic amines) is 1. The molecule has 1 amide bonds. The summed E-state index contributed by atoms with van der Waals surface area (Å²) in [5, 5.41) is 11.7. The molecule has 5 heteroatoms. The summed E-state index contributed by atoms with van der Waals surface area (Å²) in [5.74, 6) is 0.529. The minimum atomic E-state index is -0.959. The van der Waals surface area contributed by atoms with E-state index in [9.17, 15) is 4.79 Å². The summed E-state index contributed by atoms with van der Waals surface area (Å²) in [5.41, 5.74) is 1.28. The number of rotatable bonds is 8. The minimum absolute atomic E-state index is 0.341. The van der Waals surface area contributed by atoms with Crippen molar-refractivity contribution < 1.29 is 14.6 Å². The number of hydrogen-bond acceptors (Lipinski definition) is 4. The van der Waals surface area contributed by atoms with Gasteiger partial charge in [0.2, 0.25) is 5.91 Å². The molecule has 0 aliphatic carbocycles. The van der Waals surface area contributed by atoms with E-state index in [1.807, 2.05) is 12.1 Å². The number of carbonyl (C=O) groups excluding carboxylic acids is 1. The number of aliphatic hydroxyl groups excluding tert-OH is 1. The number of ether oxygens (including phenoxy) is 1. The number of benzene rings is 1. The quantitative estimate of drug-likeness (QED) is 0.720. The van der Waals surface area contributed by atoms with Gasteiger partial charge in [-0.2, -0.15) is 0 Å². The van der Waals surface area contributed by atoms with E-state index < -0.39 is 6.10 Å². The molecular formula is C18H28N2O3. The largest absolute Gasteiger partial charge is 0.494 e. The molecule has 2 atom stereocenters. The Morgan fingerprint density at radius 3 is 2.78 bits per heavy atom. The summed E-state index contributed by atoms with van der Waals surface area (Å²) in [6, 6.07) is 8.68. The van der Waals surface area contributed by atoms with Crippen molar-refractivity contribution in [2.75, 3.05) is 26.2 Å². The second kappa shape index (κ2) is 8.89. The fourth-order valence-corrected chi connectivity index (χ4v) is 2.83. The van der Waals surface area contributed by atoms with Crippen LogP contribution in [0.15, 0.2) is 24.3 Å². The summed E-state index contributed by atoms with van der Waals surface area (Å²) in [4.78, 5) is 13.7. The third-order valence-electron chi connectivity index (χ3n) is 4.30. The highest BCUT2D eigenvalue weighted by molar-refractivity contribution is 5.79. The van der Waals surface area contributed by atoms with Crippen LogP contribution in [0.3, 0.4) is 0 Å². The predicted molar refractivity (Wildman–Crippen MR) is 90.5 cm³/mol. The lowest BCUT2D eigenvalue weighted by Gasteiger charge is -2.24. The van der Waals surface area contributed by atoms with Gasteiger partial charge in [0.15, 0.2) is 0 Å². The van der Waals surface area contributed by atoms with E-state index in [4.69, 9.17) is 9.84 Å². The lowest BCUT2D eigenvalue weighted by Crippen LogP contribution is -2.33. The van der Waals surface area contributed by atoms with Gasteiger partial charge in [0.1, 0.15) is 11.9 Å². The molecule has 0 aromatic heterocycles. The number of nitrogens with zero attached hydrogens (tertiary/aromatic N) is 1. The monoisotopic (exact) mass is 320 g/mol. The fourth-order valence-electron chi connectivity index (χ4n) is 2.83. The van der Waals surface area contributed by atoms with E-state index >= 15 is 0 Å². The number of aliphatic hydroxyl groups is 1. The van der Waals surface area contributed by atoms with Crippen molar-refractivity contribution in [3.8, 4) is 5.75 Å². The second-order valence-corrected chi connectivity index (χ2v) is 6.16. The van der Waals surface area contributed by atoms with Crippen LogP contribution in [-0.2, 0) is 4.79 Å². The molecule has 0 bridgehead atoms. The summed E-state index contributed by atoms with van der Waals surface area (Å²) >= 11 is 0. The molecule has 0 radical (unpaired) electrons. The van der Waals surface area contributed by atoms with Crippen LogP contribution in [0.5, 0.6) is 5.75 Å². The highest BCUT2D eigenvalue weighted by Gasteiger charge is 2.19. The van der Waals surface area contributed by atoms with Crippen LogP contribution in [0, 0.1) is 0 Å². The Labute approximate surface area is 138 Å². The van der Waals surface area contributed by atoms with Gasteiger partial charge >= 0.3 is 0 Å². The molecule has 0 spiro atoms. The summed E-state index contributed by atoms with van der Waals surface area (Å²) in [6.45, 7) is 7.11. The Morgan fingerprint density at radius 2 is 2.09 bits per heavy atom. The van der Waals surface area contributed by atoms with Crippen LogP contribution >= 0.6 is 0 Å². The molecule has 2 unspecified atom stereocenters. The topological polar surface area (TPSA) is 61.8 Å². The Kier molecular flexibility index (Phi) is 6.86. The highest BCUT2D eigenvalue weighted by Crippen LogP contribution is 2.26. The Balaban J connectivity index is 1.75. The summed E-state index contributed by atoms with van der Waals surface area (Å²) < 4.78 is 5.77. The maximum absolute atomic E-state index is 11.2. The number of carbonyl (C=O) groups is 1. The molecule has 1 aromatic carbocycles. The second-order valence-electron chi connectivity index (χ2n) is 6.16. The van der Waals surface area contributed by atoms with Gasteiger partial charge in [-0.3, -0.25) is 9.69 Å². The molecule has 1 aliphatic heterocycles. The summed E-state index contributed by atoms with van der Waals surface area (Å²) in [6.07, 6.45) is 2.33. The van der Waals surface area contributed by atoms with E-state index in [1.165, 1.54) is 38.4 Å². The number of nitrogens with one attached hydrogen (secondary N) is 1. The molecule has 1 saturated heterocycles. The predicted octanol–water partition coefficient (Wildman–Crippen LogP) is 2.11. The van der Waals surface area contributed by atoms with Gasteiger partial charge in [0.25, 0.3) is 0 Å². The number of amides is 1. The SMILES string of the molecule is CC(O)C(=O)NCCCOc1cccc(C(C)N2CCCC2)c1. The van der Waals surface area contributed by atoms with Gasteiger partial charge in [-0.15, -0.1) is 0 Å². The zero-order chi connectivity index (χ0) is 16.7. The van der Waals surface area contributed by atoms with E-state index in [0.29, 0.717) is 25.6 Å². The van der Waals surface area contributed by atoms with Crippen LogP contribution < -0.4 is 10.1 Å². The molecule has 2 rings (SSSR count). The molecule has 5 nitrogen and oxygen atoms in total. The average Bonchev–Trinajstić information content (AvgIpc) is 3.08. The van der Waals surface area contributed by atoms with E-state index in [-0.39, 0.29) is 5.91 Å². The van der Waals surface area contributed by atoms with Gasteiger partial charge in [0.05, 0.1) is 6.61 Å². The number of hydrogen-bond donors (Lipinski definition) is 2. The van der Waals surface area contributed by atoms with Crippen LogP contribution in [0.25, 0.3) is 0 Å². The zero-order valence-electron chi connectivity index (χ0n) is 14.1. The van der Waals surface area contributed by atoms with Crippen LogP contribution in [0.4, 0.5) is 0 Å². The van der Waals surface area contributed by atoms with Gasteiger partial charge in [0, 0.05) is 12.6 Å². The first kappa shape index (κ1) is 17.8. The Hall–Kier alpha value is -1.59. The van der Waals surface area contributed by atoms with Crippen LogP contribution in [-0.4, -0.2) is 48.3 Å². The van der Waals surface area contributed by atoms with Crippen molar-refractivity contribution in [3.63, 3.8) is 0 Å². The van der Waals surface area contributed by atoms with Gasteiger partial charge in [-0.05, 0) is 63.9 Å². The first-order chi connectivity index (χ1) is 11.1. The molecule has 1 fully saturated rings. The van der Waals surface area contributed by atoms with Crippen molar-refractivity contribution in [1.82, 2.24) is 10.2 Å². The molecule has 1 aromatic rings. The van der Waals surface area contributed by atoms with Crippen molar-refractivity contribution in [2.45, 2.75) is 45.3 Å². The Bertz CT molecular complexity index is 499. The third-order valence-corrected chi connectivity index (χ3v) is 4.30. The maximum Gasteiger partial charge on any atom is 0.248 e. The van der Waals surface area contributed by atoms with Crippen LogP contribution in [0.1, 0.15) is 44.7 Å². The maximum atomic E-state index is 11.2. The summed E-state index contributed by atoms with van der Waals surface area (Å²) in [7, 11) is 0. The molecular weight excluding hydrogens is 292 g/mol. The minimum Gasteiger partial charge on any atom is -0.494 e. The lowest BCUT2D eigenvalue weighted by molar-refractivity contribution is -0.128. The Morgan fingerprint density at radius 1 is 1.35 bits per heavy atom. The average molecular weight is 320 g/mol. The van der Waals surface area contributed by atoms with Crippen LogP contribution in [0.2, 0.25) is 0 Å². The molecule has 128 valence electrons. The van der Waals surface area contributed by atoms with Crippen molar-refractivity contribution in [3.05, 3.63) is 29.8 Å². The molecule has 1 heterocycles. The van der Waals surface area contributed by atoms with Crippen molar-refractivity contribution >= 4 is 5.91 Å². The first-order valence-electron chi connectivity index (χ1n) is 8.50. The normalized spacial score (nSPS) is 17.7. The zero-order valence-corrected chi connectivity index (χ0v) is 14.1. The molecule has 0 saturated carbocycles. The molecule has 2 N–H and O–H groups in total. The standard InChI is InChI=1S/C18H28N2O3/c1-14(20-10-3-4-11-20)16-7-5-8-17(13-16)23-12-6-9-19-18(22)15(2)21/h5,7-8,13-15,21H,3-4,6,9-12H2,1-2H3,(H,19,22). The van der Waals surface area contributed by atoms with Gasteiger partial charge in [-0.1, -0.05) is 12.1 Å². The smallest absolute Gasteiger partial charge is 0.248 e. The van der Waals surface area contributed by atoms with Gasteiger partial charge < -0.3 is 15.2 Å². The van der Waals surface area contributed by atoms with Crippen molar-refractivity contribution in [1.29, 1.82) is 0 Å². The molecule has 23 heavy (non-hydrogen) atoms. The highest BCUT2D eigenvalue weighted by atomic mass is 16.5. The molecule has 1 aliphatic rings.